The molecule has 0 aliphatic carbocycles. The Labute approximate surface area is 175 Å². The maximum Gasteiger partial charge on any atom is 0.362 e. The van der Waals surface area contributed by atoms with Gasteiger partial charge in [0.05, 0.1) is 12.2 Å². The van der Waals surface area contributed by atoms with Crippen LogP contribution in [0.4, 0.5) is 0 Å². The minimum absolute atomic E-state index is 0.0806. The molecule has 0 aromatic heterocycles. The maximum atomic E-state index is 12.0. The number of allylic oxidation sites excluding steroid dienone is 1. The highest BCUT2D eigenvalue weighted by atomic mass is 16.4. The molecule has 0 radical (unpaired) electrons. The number of carboxylic acids is 3. The minimum atomic E-state index is -1.42. The number of carboxylic acid groups (broad SMARTS) is 3. The highest BCUT2D eigenvalue weighted by Gasteiger charge is 2.53. The number of rotatable bonds is 17. The molecule has 3 atom stereocenters. The van der Waals surface area contributed by atoms with E-state index in [0.29, 0.717) is 6.42 Å². The van der Waals surface area contributed by atoms with Crippen molar-refractivity contribution in [3.63, 3.8) is 0 Å². The summed E-state index contributed by atoms with van der Waals surface area (Å²) >= 11 is 0. The van der Waals surface area contributed by atoms with E-state index in [-0.39, 0.29) is 19.3 Å². The van der Waals surface area contributed by atoms with Gasteiger partial charge in [0, 0.05) is 19.3 Å². The average Bonchev–Trinajstić information content (AvgIpc) is 2.64. The van der Waals surface area contributed by atoms with E-state index in [1.54, 1.807) is 26.8 Å². The molecule has 0 saturated heterocycles. The molecule has 0 aliphatic heterocycles. The smallest absolute Gasteiger partial charge is 0.362 e. The molecule has 0 rings (SSSR count). The van der Waals surface area contributed by atoms with Gasteiger partial charge < -0.3 is 20.1 Å². The molecule has 0 aromatic carbocycles. The number of nitrogens with zero attached hydrogens (tertiary/aromatic N) is 1. The molecule has 3 unspecified atom stereocenters. The van der Waals surface area contributed by atoms with Crippen LogP contribution in [-0.2, 0) is 14.4 Å². The largest absolute Gasteiger partial charge is 0.544 e. The Morgan fingerprint density at radius 2 is 1.24 bits per heavy atom. The van der Waals surface area contributed by atoms with E-state index in [9.17, 15) is 29.7 Å². The zero-order chi connectivity index (χ0) is 22.4. The van der Waals surface area contributed by atoms with Crippen LogP contribution in [0.5, 0.6) is 0 Å². The predicted molar refractivity (Wildman–Crippen MR) is 110 cm³/mol. The Morgan fingerprint density at radius 3 is 1.62 bits per heavy atom. The zero-order valence-corrected chi connectivity index (χ0v) is 18.4. The van der Waals surface area contributed by atoms with Gasteiger partial charge in [0.15, 0.2) is 12.1 Å². The van der Waals surface area contributed by atoms with Crippen LogP contribution in [0.3, 0.4) is 0 Å². The van der Waals surface area contributed by atoms with E-state index >= 15 is 0 Å². The molecule has 0 saturated carbocycles. The van der Waals surface area contributed by atoms with Crippen molar-refractivity contribution in [1.29, 1.82) is 0 Å². The number of carbonyl (C=O) groups is 3. The summed E-state index contributed by atoms with van der Waals surface area (Å²) in [6, 6.07) is -3.61. The van der Waals surface area contributed by atoms with Crippen LogP contribution in [-0.4, -0.2) is 50.7 Å². The molecule has 29 heavy (non-hydrogen) atoms. The SMILES string of the molecule is CCCCCCCC/C=C/[N+](C(CC)C(=O)[O-])(C(CC)C(=O)O)C(CC)C(=O)O. The van der Waals surface area contributed by atoms with Crippen LogP contribution in [0.15, 0.2) is 12.3 Å². The number of hydrogen-bond acceptors (Lipinski definition) is 4. The summed E-state index contributed by atoms with van der Waals surface area (Å²) in [4.78, 5) is 36.0. The van der Waals surface area contributed by atoms with E-state index in [0.717, 1.165) is 19.3 Å². The van der Waals surface area contributed by atoms with Crippen molar-refractivity contribution >= 4 is 17.9 Å². The molecule has 7 nitrogen and oxygen atoms in total. The van der Waals surface area contributed by atoms with Crippen molar-refractivity contribution in [1.82, 2.24) is 0 Å². The lowest BCUT2D eigenvalue weighted by Gasteiger charge is -2.48. The van der Waals surface area contributed by atoms with Gasteiger partial charge in [-0.05, 0) is 18.9 Å². The van der Waals surface area contributed by atoms with Gasteiger partial charge in [0.1, 0.15) is 6.04 Å². The van der Waals surface area contributed by atoms with Gasteiger partial charge in [-0.1, -0.05) is 59.8 Å². The maximum absolute atomic E-state index is 12.0. The van der Waals surface area contributed by atoms with Gasteiger partial charge in [-0.2, -0.15) is 0 Å². The van der Waals surface area contributed by atoms with Crippen molar-refractivity contribution in [2.45, 2.75) is 110 Å². The summed E-state index contributed by atoms with van der Waals surface area (Å²) in [6.45, 7) is 7.06. The molecule has 0 aliphatic rings. The van der Waals surface area contributed by atoms with E-state index < -0.39 is 40.5 Å². The normalized spacial score (nSPS) is 16.8. The molecule has 0 amide bonds. The van der Waals surface area contributed by atoms with Crippen molar-refractivity contribution in [2.24, 2.45) is 0 Å². The first-order valence-electron chi connectivity index (χ1n) is 11.0. The summed E-state index contributed by atoms with van der Waals surface area (Å²) in [7, 11) is 0. The average molecular weight is 414 g/mol. The number of carbonyl (C=O) groups excluding carboxylic acids is 1. The molecule has 2 N–H and O–H groups in total. The Bertz CT molecular complexity index is 490. The quantitative estimate of drug-likeness (QED) is 0.279. The Hall–Kier alpha value is -1.89. The van der Waals surface area contributed by atoms with Crippen molar-refractivity contribution in [3.8, 4) is 0 Å². The first kappa shape index (κ1) is 27.1. The third-order valence-corrected chi connectivity index (χ3v) is 5.71. The lowest BCUT2D eigenvalue weighted by atomic mass is 9.95. The Balaban J connectivity index is 5.97. The Kier molecular flexibility index (Phi) is 13.2. The van der Waals surface area contributed by atoms with Crippen molar-refractivity contribution in [2.75, 3.05) is 0 Å². The van der Waals surface area contributed by atoms with Gasteiger partial charge >= 0.3 is 11.9 Å². The minimum Gasteiger partial charge on any atom is -0.544 e. The van der Waals surface area contributed by atoms with E-state index in [1.807, 2.05) is 0 Å². The van der Waals surface area contributed by atoms with E-state index in [2.05, 4.69) is 6.92 Å². The van der Waals surface area contributed by atoms with Gasteiger partial charge in [0.2, 0.25) is 0 Å². The van der Waals surface area contributed by atoms with Gasteiger partial charge in [0.25, 0.3) is 0 Å². The Morgan fingerprint density at radius 1 is 0.793 bits per heavy atom. The fraction of sp³-hybridized carbons (Fsp3) is 0.773. The second-order valence-corrected chi connectivity index (χ2v) is 7.60. The molecule has 0 fully saturated rings. The zero-order valence-electron chi connectivity index (χ0n) is 18.4. The lowest BCUT2D eigenvalue weighted by molar-refractivity contribution is -0.929. The van der Waals surface area contributed by atoms with Crippen LogP contribution in [0.2, 0.25) is 0 Å². The second-order valence-electron chi connectivity index (χ2n) is 7.60. The molecular weight excluding hydrogens is 374 g/mol. The van der Waals surface area contributed by atoms with Crippen molar-refractivity contribution < 1.29 is 34.2 Å². The van der Waals surface area contributed by atoms with Crippen LogP contribution < -0.4 is 5.11 Å². The molecule has 0 bridgehead atoms. The van der Waals surface area contributed by atoms with Crippen molar-refractivity contribution in [3.05, 3.63) is 12.3 Å². The monoisotopic (exact) mass is 413 g/mol. The van der Waals surface area contributed by atoms with Gasteiger partial charge in [-0.15, -0.1) is 0 Å². The summed E-state index contributed by atoms with van der Waals surface area (Å²) in [6.07, 6.45) is 10.9. The molecule has 7 heteroatoms. The van der Waals surface area contributed by atoms with E-state index in [1.165, 1.54) is 25.5 Å². The third-order valence-electron chi connectivity index (χ3n) is 5.71. The summed E-state index contributed by atoms with van der Waals surface area (Å²) in [5.41, 5.74) is 0. The summed E-state index contributed by atoms with van der Waals surface area (Å²) in [5, 5.41) is 31.6. The second kappa shape index (κ2) is 14.1. The number of hydrogen-bond donors (Lipinski definition) is 2. The number of quaternary nitrogens is 1. The number of unbranched alkanes of at least 4 members (excludes halogenated alkanes) is 6. The van der Waals surface area contributed by atoms with Crippen LogP contribution in [0.25, 0.3) is 0 Å². The standard InChI is InChI=1S/C22H39NO6/c1-5-9-10-11-12-13-14-15-16-23(17(6-2)20(24)25,18(7-3)21(26)27)19(8-4)22(28)29/h15-19H,5-14H2,1-4H3,(H2-,24,25,26,27,28,29)/b16-15+. The van der Waals surface area contributed by atoms with E-state index in [4.69, 9.17) is 0 Å². The number of aliphatic carboxylic acids is 3. The van der Waals surface area contributed by atoms with Crippen LogP contribution in [0.1, 0.15) is 91.9 Å². The molecule has 0 aromatic rings. The molecular formula is C22H39NO6. The molecule has 0 heterocycles. The first-order chi connectivity index (χ1) is 13.7. The van der Waals surface area contributed by atoms with Crippen LogP contribution >= 0.6 is 0 Å². The summed E-state index contributed by atoms with van der Waals surface area (Å²) < 4.78 is -0.646. The summed E-state index contributed by atoms with van der Waals surface area (Å²) in [5.74, 6) is -3.82. The molecule has 168 valence electrons. The van der Waals surface area contributed by atoms with Gasteiger partial charge in [-0.3, -0.25) is 4.48 Å². The predicted octanol–water partition coefficient (Wildman–Crippen LogP) is 3.32. The first-order valence-corrected chi connectivity index (χ1v) is 11.0. The fourth-order valence-electron chi connectivity index (χ4n) is 4.29. The topological polar surface area (TPSA) is 115 Å². The third kappa shape index (κ3) is 7.46. The lowest BCUT2D eigenvalue weighted by Crippen LogP contribution is -2.70. The van der Waals surface area contributed by atoms with Crippen LogP contribution in [0, 0.1) is 0 Å². The van der Waals surface area contributed by atoms with Gasteiger partial charge in [-0.25, -0.2) is 9.59 Å². The molecule has 0 spiro atoms. The highest BCUT2D eigenvalue weighted by Crippen LogP contribution is 2.32. The fourth-order valence-corrected chi connectivity index (χ4v) is 4.29. The highest BCUT2D eigenvalue weighted by molar-refractivity contribution is 5.77.